The van der Waals surface area contributed by atoms with Crippen molar-refractivity contribution in [3.8, 4) is 5.75 Å². The molecule has 0 amide bonds. The Bertz CT molecular complexity index is 1030. The summed E-state index contributed by atoms with van der Waals surface area (Å²) in [5, 5.41) is 26.7. The van der Waals surface area contributed by atoms with Gasteiger partial charge in [0.1, 0.15) is 5.75 Å². The van der Waals surface area contributed by atoms with E-state index < -0.39 is 5.60 Å². The molecular weight excluding hydrogens is 507 g/mol. The number of halogens is 1. The molecular formula is C22H31IN6O2. The van der Waals surface area contributed by atoms with Crippen LogP contribution in [0.4, 0.5) is 11.8 Å². The van der Waals surface area contributed by atoms with Gasteiger partial charge in [-0.3, -0.25) is 0 Å². The van der Waals surface area contributed by atoms with Crippen molar-refractivity contribution in [1.82, 2.24) is 19.5 Å². The van der Waals surface area contributed by atoms with Crippen LogP contribution >= 0.6 is 22.6 Å². The number of aliphatic hydroxyl groups is 1. The number of nitrogens with one attached hydrogen (secondary N) is 2. The fourth-order valence-electron chi connectivity index (χ4n) is 3.42. The quantitative estimate of drug-likeness (QED) is 0.278. The number of hydrogen-bond acceptors (Lipinski definition) is 7. The molecule has 3 aromatic rings. The SMILES string of the molecule is CCC(CC)n1cnc2c(NCc3cc(I)ccc3O)nc(NCCC(C)(C)O)nc21. The van der Waals surface area contributed by atoms with Gasteiger partial charge in [-0.15, -0.1) is 0 Å². The molecule has 0 spiro atoms. The molecule has 2 heterocycles. The highest BCUT2D eigenvalue weighted by molar-refractivity contribution is 14.1. The van der Waals surface area contributed by atoms with Gasteiger partial charge in [0.05, 0.1) is 11.9 Å². The minimum absolute atomic E-state index is 0.240. The molecule has 1 aromatic carbocycles. The first-order valence-corrected chi connectivity index (χ1v) is 11.7. The summed E-state index contributed by atoms with van der Waals surface area (Å²) >= 11 is 2.23. The van der Waals surface area contributed by atoms with E-state index in [9.17, 15) is 10.2 Å². The summed E-state index contributed by atoms with van der Waals surface area (Å²) in [6.07, 6.45) is 4.35. The van der Waals surface area contributed by atoms with Gasteiger partial charge in [0.25, 0.3) is 0 Å². The summed E-state index contributed by atoms with van der Waals surface area (Å²) in [4.78, 5) is 14.0. The lowest BCUT2D eigenvalue weighted by Gasteiger charge is -2.18. The highest BCUT2D eigenvalue weighted by Gasteiger charge is 2.18. The Kier molecular flexibility index (Phi) is 7.58. The van der Waals surface area contributed by atoms with Crippen molar-refractivity contribution in [3.63, 3.8) is 0 Å². The Morgan fingerprint density at radius 2 is 1.90 bits per heavy atom. The van der Waals surface area contributed by atoms with E-state index in [0.29, 0.717) is 42.8 Å². The van der Waals surface area contributed by atoms with E-state index in [1.807, 2.05) is 18.5 Å². The molecule has 9 heteroatoms. The second-order valence-electron chi connectivity index (χ2n) is 8.31. The fourth-order valence-corrected chi connectivity index (χ4v) is 3.98. The molecule has 0 atom stereocenters. The van der Waals surface area contributed by atoms with Crippen LogP contribution in [0, 0.1) is 3.57 Å². The minimum atomic E-state index is -0.766. The van der Waals surface area contributed by atoms with Gasteiger partial charge >= 0.3 is 0 Å². The maximum absolute atomic E-state index is 10.2. The molecule has 0 radical (unpaired) electrons. The molecule has 0 saturated carbocycles. The Hall–Kier alpha value is -2.14. The summed E-state index contributed by atoms with van der Waals surface area (Å²) in [6.45, 7) is 8.83. The second-order valence-corrected chi connectivity index (χ2v) is 9.55. The number of anilines is 2. The van der Waals surface area contributed by atoms with Gasteiger partial charge in [-0.25, -0.2) is 4.98 Å². The minimum Gasteiger partial charge on any atom is -0.508 e. The number of imidazole rings is 1. The third-order valence-electron chi connectivity index (χ3n) is 5.27. The Morgan fingerprint density at radius 3 is 2.58 bits per heavy atom. The highest BCUT2D eigenvalue weighted by Crippen LogP contribution is 2.27. The topological polar surface area (TPSA) is 108 Å². The molecule has 168 valence electrons. The van der Waals surface area contributed by atoms with Gasteiger partial charge in [-0.05, 0) is 73.9 Å². The van der Waals surface area contributed by atoms with Crippen LogP contribution in [0.5, 0.6) is 5.75 Å². The Morgan fingerprint density at radius 1 is 1.16 bits per heavy atom. The fraction of sp³-hybridized carbons (Fsp3) is 0.500. The van der Waals surface area contributed by atoms with Crippen LogP contribution in [-0.2, 0) is 6.54 Å². The maximum atomic E-state index is 10.2. The van der Waals surface area contributed by atoms with Crippen LogP contribution in [0.25, 0.3) is 11.2 Å². The van der Waals surface area contributed by atoms with Crippen molar-refractivity contribution in [2.75, 3.05) is 17.2 Å². The average molecular weight is 538 g/mol. The molecule has 2 aromatic heterocycles. The Balaban J connectivity index is 1.94. The first kappa shape index (κ1) is 23.5. The van der Waals surface area contributed by atoms with E-state index in [1.165, 1.54) is 0 Å². The number of rotatable bonds is 10. The molecule has 0 saturated heterocycles. The van der Waals surface area contributed by atoms with Gasteiger partial charge in [0.15, 0.2) is 17.0 Å². The molecule has 0 aliphatic rings. The van der Waals surface area contributed by atoms with E-state index >= 15 is 0 Å². The van der Waals surface area contributed by atoms with Gasteiger partial charge in [-0.1, -0.05) is 13.8 Å². The maximum Gasteiger partial charge on any atom is 0.226 e. The van der Waals surface area contributed by atoms with Gasteiger partial charge in [0.2, 0.25) is 5.95 Å². The second kappa shape index (κ2) is 9.99. The van der Waals surface area contributed by atoms with Crippen LogP contribution < -0.4 is 10.6 Å². The summed E-state index contributed by atoms with van der Waals surface area (Å²) < 4.78 is 3.15. The Labute approximate surface area is 196 Å². The van der Waals surface area contributed by atoms with E-state index in [0.717, 1.165) is 27.6 Å². The molecule has 0 unspecified atom stereocenters. The van der Waals surface area contributed by atoms with E-state index in [2.05, 4.69) is 61.6 Å². The zero-order valence-electron chi connectivity index (χ0n) is 18.5. The molecule has 4 N–H and O–H groups in total. The van der Waals surface area contributed by atoms with Crippen LogP contribution in [0.3, 0.4) is 0 Å². The predicted octanol–water partition coefficient (Wildman–Crippen LogP) is 4.68. The van der Waals surface area contributed by atoms with Gasteiger partial charge < -0.3 is 25.4 Å². The number of fused-ring (bicyclic) bond motifs is 1. The number of benzene rings is 1. The van der Waals surface area contributed by atoms with Crippen molar-refractivity contribution < 1.29 is 10.2 Å². The normalized spacial score (nSPS) is 12.0. The van der Waals surface area contributed by atoms with Crippen molar-refractivity contribution >= 4 is 45.5 Å². The molecule has 0 fully saturated rings. The molecule has 0 bridgehead atoms. The third kappa shape index (κ3) is 5.97. The van der Waals surface area contributed by atoms with Crippen LogP contribution in [0.15, 0.2) is 24.5 Å². The van der Waals surface area contributed by atoms with E-state index in [4.69, 9.17) is 4.98 Å². The summed E-state index contributed by atoms with van der Waals surface area (Å²) in [6, 6.07) is 5.80. The van der Waals surface area contributed by atoms with Crippen molar-refractivity contribution in [1.29, 1.82) is 0 Å². The predicted molar refractivity (Wildman–Crippen MR) is 132 cm³/mol. The van der Waals surface area contributed by atoms with Gasteiger partial charge in [-0.2, -0.15) is 9.97 Å². The average Bonchev–Trinajstić information content (AvgIpc) is 3.12. The lowest BCUT2D eigenvalue weighted by molar-refractivity contribution is 0.0748. The smallest absolute Gasteiger partial charge is 0.226 e. The van der Waals surface area contributed by atoms with Crippen molar-refractivity contribution in [3.05, 3.63) is 33.7 Å². The summed E-state index contributed by atoms with van der Waals surface area (Å²) in [5.41, 5.74) is 1.49. The van der Waals surface area contributed by atoms with Crippen molar-refractivity contribution in [2.45, 2.75) is 65.1 Å². The lowest BCUT2D eigenvalue weighted by Crippen LogP contribution is -2.23. The molecule has 31 heavy (non-hydrogen) atoms. The summed E-state index contributed by atoms with van der Waals surface area (Å²) in [5.74, 6) is 1.34. The monoisotopic (exact) mass is 538 g/mol. The first-order valence-electron chi connectivity index (χ1n) is 10.6. The van der Waals surface area contributed by atoms with Crippen LogP contribution in [0.1, 0.15) is 58.6 Å². The summed E-state index contributed by atoms with van der Waals surface area (Å²) in [7, 11) is 0. The zero-order valence-corrected chi connectivity index (χ0v) is 20.6. The van der Waals surface area contributed by atoms with E-state index in [1.54, 1.807) is 19.9 Å². The number of phenols is 1. The standard InChI is InChI=1S/C22H31IN6O2/c1-5-16(6-2)29-13-26-18-19(25-12-14-11-15(23)7-8-17(14)30)27-21(28-20(18)29)24-10-9-22(3,4)31/h7-8,11,13,16,30-31H,5-6,9-10,12H2,1-4H3,(H2,24,25,27,28). The number of nitrogens with zero attached hydrogens (tertiary/aromatic N) is 4. The first-order chi connectivity index (χ1) is 14.7. The molecule has 0 aliphatic heterocycles. The number of phenolic OH excluding ortho intramolecular Hbond substituents is 1. The third-order valence-corrected chi connectivity index (χ3v) is 5.94. The number of aromatic nitrogens is 4. The molecule has 8 nitrogen and oxygen atoms in total. The highest BCUT2D eigenvalue weighted by atomic mass is 127. The molecule has 3 rings (SSSR count). The number of aromatic hydroxyl groups is 1. The lowest BCUT2D eigenvalue weighted by atomic mass is 10.1. The van der Waals surface area contributed by atoms with Crippen LogP contribution in [-0.4, -0.2) is 41.9 Å². The largest absolute Gasteiger partial charge is 0.508 e. The van der Waals surface area contributed by atoms with Crippen LogP contribution in [0.2, 0.25) is 0 Å². The molecule has 0 aliphatic carbocycles. The van der Waals surface area contributed by atoms with E-state index in [-0.39, 0.29) is 5.75 Å². The number of hydrogen-bond donors (Lipinski definition) is 4. The zero-order chi connectivity index (χ0) is 22.6. The van der Waals surface area contributed by atoms with Gasteiger partial charge in [0, 0.05) is 28.3 Å². The van der Waals surface area contributed by atoms with Crippen molar-refractivity contribution in [2.24, 2.45) is 0 Å².